The molecule has 20 heavy (non-hydrogen) atoms. The van der Waals surface area contributed by atoms with Crippen molar-refractivity contribution in [2.45, 2.75) is 32.7 Å². The van der Waals surface area contributed by atoms with E-state index >= 15 is 0 Å². The molecule has 0 atom stereocenters. The number of ketones is 1. The molecule has 3 heteroatoms. The normalized spacial score (nSPS) is 18.1. The van der Waals surface area contributed by atoms with Gasteiger partial charge in [-0.15, -0.1) is 0 Å². The second-order valence-corrected chi connectivity index (χ2v) is 6.54. The predicted octanol–water partition coefficient (Wildman–Crippen LogP) is 2.68. The zero-order chi connectivity index (χ0) is 14.6. The van der Waals surface area contributed by atoms with E-state index in [-0.39, 0.29) is 11.3 Å². The molecule has 0 amide bonds. The Labute approximate surface area is 122 Å². The lowest BCUT2D eigenvalue weighted by Crippen LogP contribution is -2.53. The standard InChI is InChI=1S/C17H26N2O/c1-17(2,3)19-13-11-18(12-14-19)10-9-16(20)15-7-5-4-6-8-15/h4-8H,9-14H2,1-3H3. The Bertz CT molecular complexity index is 428. The Balaban J connectivity index is 1.75. The Morgan fingerprint density at radius 3 is 2.20 bits per heavy atom. The Morgan fingerprint density at radius 2 is 1.65 bits per heavy atom. The highest BCUT2D eigenvalue weighted by Crippen LogP contribution is 2.16. The fourth-order valence-corrected chi connectivity index (χ4v) is 2.67. The molecule has 0 radical (unpaired) electrons. The van der Waals surface area contributed by atoms with Crippen molar-refractivity contribution in [3.8, 4) is 0 Å². The lowest BCUT2D eigenvalue weighted by molar-refractivity contribution is 0.0602. The number of carbonyl (C=O) groups excluding carboxylic acids is 1. The minimum Gasteiger partial charge on any atom is -0.300 e. The maximum absolute atomic E-state index is 12.1. The molecule has 0 aliphatic carbocycles. The Morgan fingerprint density at radius 1 is 1.05 bits per heavy atom. The second kappa shape index (κ2) is 6.51. The number of hydrogen-bond acceptors (Lipinski definition) is 3. The van der Waals surface area contributed by atoms with Crippen LogP contribution in [0, 0.1) is 0 Å². The fraction of sp³-hybridized carbons (Fsp3) is 0.588. The first-order valence-corrected chi connectivity index (χ1v) is 7.52. The minimum atomic E-state index is 0.254. The summed E-state index contributed by atoms with van der Waals surface area (Å²) in [6, 6.07) is 9.60. The molecule has 0 aromatic heterocycles. The maximum atomic E-state index is 12.1. The molecule has 0 spiro atoms. The van der Waals surface area contributed by atoms with E-state index in [1.54, 1.807) is 0 Å². The molecule has 1 heterocycles. The lowest BCUT2D eigenvalue weighted by atomic mass is 10.0. The van der Waals surface area contributed by atoms with Crippen LogP contribution in [0.25, 0.3) is 0 Å². The number of nitrogens with zero attached hydrogens (tertiary/aromatic N) is 2. The van der Waals surface area contributed by atoms with Crippen molar-refractivity contribution in [3.63, 3.8) is 0 Å². The summed E-state index contributed by atoms with van der Waals surface area (Å²) < 4.78 is 0. The molecular formula is C17H26N2O. The molecular weight excluding hydrogens is 248 g/mol. The quantitative estimate of drug-likeness (QED) is 0.789. The van der Waals surface area contributed by atoms with Gasteiger partial charge in [0.05, 0.1) is 0 Å². The number of benzene rings is 1. The van der Waals surface area contributed by atoms with Gasteiger partial charge in [0.1, 0.15) is 0 Å². The zero-order valence-electron chi connectivity index (χ0n) is 12.9. The highest BCUT2D eigenvalue weighted by molar-refractivity contribution is 5.96. The molecule has 110 valence electrons. The summed E-state index contributed by atoms with van der Waals surface area (Å²) in [6.45, 7) is 12.0. The smallest absolute Gasteiger partial charge is 0.164 e. The molecule has 3 nitrogen and oxygen atoms in total. The lowest BCUT2D eigenvalue weighted by Gasteiger charge is -2.42. The van der Waals surface area contributed by atoms with Gasteiger partial charge in [0.2, 0.25) is 0 Å². The topological polar surface area (TPSA) is 23.6 Å². The van der Waals surface area contributed by atoms with Crippen LogP contribution in [0.1, 0.15) is 37.6 Å². The van der Waals surface area contributed by atoms with Gasteiger partial charge >= 0.3 is 0 Å². The van der Waals surface area contributed by atoms with Crippen LogP contribution in [-0.2, 0) is 0 Å². The van der Waals surface area contributed by atoms with Gasteiger partial charge in [-0.05, 0) is 20.8 Å². The average molecular weight is 274 g/mol. The summed E-state index contributed by atoms with van der Waals surface area (Å²) in [7, 11) is 0. The number of hydrogen-bond donors (Lipinski definition) is 0. The summed E-state index contributed by atoms with van der Waals surface area (Å²) in [5.74, 6) is 0.254. The van der Waals surface area contributed by atoms with Crippen molar-refractivity contribution in [1.29, 1.82) is 0 Å². The van der Waals surface area contributed by atoms with E-state index in [9.17, 15) is 4.79 Å². The molecule has 0 unspecified atom stereocenters. The number of piperazine rings is 1. The van der Waals surface area contributed by atoms with E-state index in [1.165, 1.54) is 0 Å². The predicted molar refractivity (Wildman–Crippen MR) is 83.2 cm³/mol. The fourth-order valence-electron chi connectivity index (χ4n) is 2.67. The largest absolute Gasteiger partial charge is 0.300 e. The Hall–Kier alpha value is -1.19. The van der Waals surface area contributed by atoms with Crippen molar-refractivity contribution in [3.05, 3.63) is 35.9 Å². The number of carbonyl (C=O) groups is 1. The van der Waals surface area contributed by atoms with E-state index in [4.69, 9.17) is 0 Å². The van der Waals surface area contributed by atoms with Crippen molar-refractivity contribution < 1.29 is 4.79 Å². The third-order valence-electron chi connectivity index (χ3n) is 4.07. The summed E-state index contributed by atoms with van der Waals surface area (Å²) in [5.41, 5.74) is 1.09. The van der Waals surface area contributed by atoms with Gasteiger partial charge in [-0.2, -0.15) is 0 Å². The number of rotatable bonds is 4. The zero-order valence-corrected chi connectivity index (χ0v) is 12.9. The van der Waals surface area contributed by atoms with E-state index in [2.05, 4.69) is 30.6 Å². The van der Waals surface area contributed by atoms with Crippen LogP contribution in [0.2, 0.25) is 0 Å². The van der Waals surface area contributed by atoms with Crippen molar-refractivity contribution in [2.75, 3.05) is 32.7 Å². The summed E-state index contributed by atoms with van der Waals surface area (Å²) in [6.07, 6.45) is 0.625. The molecule has 1 aliphatic rings. The first-order valence-electron chi connectivity index (χ1n) is 7.52. The van der Waals surface area contributed by atoms with E-state index in [0.717, 1.165) is 38.3 Å². The van der Waals surface area contributed by atoms with Gasteiger partial charge in [-0.1, -0.05) is 30.3 Å². The van der Waals surface area contributed by atoms with Gasteiger partial charge in [-0.3, -0.25) is 9.69 Å². The van der Waals surface area contributed by atoms with Crippen LogP contribution in [0.15, 0.2) is 30.3 Å². The molecule has 0 saturated carbocycles. The van der Waals surface area contributed by atoms with E-state index in [1.807, 2.05) is 30.3 Å². The highest BCUT2D eigenvalue weighted by Gasteiger charge is 2.25. The third-order valence-corrected chi connectivity index (χ3v) is 4.07. The van der Waals surface area contributed by atoms with Gasteiger partial charge < -0.3 is 4.90 Å². The van der Waals surface area contributed by atoms with Crippen molar-refractivity contribution in [2.24, 2.45) is 0 Å². The maximum Gasteiger partial charge on any atom is 0.164 e. The SMILES string of the molecule is CC(C)(C)N1CCN(CCC(=O)c2ccccc2)CC1. The number of Topliss-reactive ketones (excluding diaryl/α,β-unsaturated/α-hetero) is 1. The molecule has 0 bridgehead atoms. The molecule has 1 saturated heterocycles. The summed E-state index contributed by atoms with van der Waals surface area (Å²) >= 11 is 0. The average Bonchev–Trinajstić information content (AvgIpc) is 2.45. The molecule has 0 N–H and O–H groups in total. The third kappa shape index (κ3) is 4.15. The highest BCUT2D eigenvalue weighted by atomic mass is 16.1. The van der Waals surface area contributed by atoms with Gasteiger partial charge in [0, 0.05) is 50.2 Å². The van der Waals surface area contributed by atoms with Crippen molar-refractivity contribution >= 4 is 5.78 Å². The van der Waals surface area contributed by atoms with E-state index in [0.29, 0.717) is 6.42 Å². The monoisotopic (exact) mass is 274 g/mol. The van der Waals surface area contributed by atoms with Gasteiger partial charge in [-0.25, -0.2) is 0 Å². The molecule has 2 rings (SSSR count). The summed E-state index contributed by atoms with van der Waals surface area (Å²) in [4.78, 5) is 17.0. The minimum absolute atomic E-state index is 0.254. The van der Waals surface area contributed by atoms with Crippen LogP contribution in [0.3, 0.4) is 0 Å². The molecule has 1 aliphatic heterocycles. The van der Waals surface area contributed by atoms with Gasteiger partial charge in [0.25, 0.3) is 0 Å². The second-order valence-electron chi connectivity index (χ2n) is 6.54. The van der Waals surface area contributed by atoms with Crippen LogP contribution in [0.5, 0.6) is 0 Å². The van der Waals surface area contributed by atoms with Crippen molar-refractivity contribution in [1.82, 2.24) is 9.80 Å². The van der Waals surface area contributed by atoms with Gasteiger partial charge in [0.15, 0.2) is 5.78 Å². The summed E-state index contributed by atoms with van der Waals surface area (Å²) in [5, 5.41) is 0. The van der Waals surface area contributed by atoms with Crippen LogP contribution in [0.4, 0.5) is 0 Å². The molecule has 1 aromatic rings. The van der Waals surface area contributed by atoms with Crippen LogP contribution >= 0.6 is 0 Å². The van der Waals surface area contributed by atoms with Crippen LogP contribution < -0.4 is 0 Å². The first-order chi connectivity index (χ1) is 9.47. The molecule has 1 aromatic carbocycles. The van der Waals surface area contributed by atoms with E-state index < -0.39 is 0 Å². The molecule has 1 fully saturated rings. The van der Waals surface area contributed by atoms with Crippen LogP contribution in [-0.4, -0.2) is 53.8 Å². The Kier molecular flexibility index (Phi) is 4.95. The first kappa shape index (κ1) is 15.2.